The fraction of sp³-hybridized carbons (Fsp3) is 0.885. The molecule has 2 rings (SSSR count). The van der Waals surface area contributed by atoms with E-state index in [0.717, 1.165) is 19.3 Å². The minimum absolute atomic E-state index is 0.0306. The predicted molar refractivity (Wildman–Crippen MR) is 135 cm³/mol. The van der Waals surface area contributed by atoms with E-state index in [2.05, 4.69) is 18.7 Å². The van der Waals surface area contributed by atoms with Gasteiger partial charge in [-0.05, 0) is 53.6 Å². The van der Waals surface area contributed by atoms with E-state index in [0.29, 0.717) is 17.3 Å². The maximum atomic E-state index is 12.6. The van der Waals surface area contributed by atoms with Crippen molar-refractivity contribution in [3.05, 3.63) is 11.3 Å². The SMILES string of the molecule is CC[C@H](C)C[C@@](C)(OC)[C@H](O[C@@H]1O[C@H](C)CC(N(C)C)[C@H]1P=O)[C@H](C)C1=C(C)C(=O)OC(C)(C)O1. The van der Waals surface area contributed by atoms with Crippen LogP contribution in [0.4, 0.5) is 0 Å². The lowest BCUT2D eigenvalue weighted by atomic mass is 9.80. The zero-order valence-corrected chi connectivity index (χ0v) is 24.3. The summed E-state index contributed by atoms with van der Waals surface area (Å²) in [7, 11) is 5.62. The Morgan fingerprint density at radius 1 is 1.26 bits per heavy atom. The van der Waals surface area contributed by atoms with Gasteiger partial charge in [0.2, 0.25) is 5.79 Å². The lowest BCUT2D eigenvalue weighted by Gasteiger charge is -2.47. The fourth-order valence-corrected chi connectivity index (χ4v) is 5.97. The number of esters is 1. The highest BCUT2D eigenvalue weighted by molar-refractivity contribution is 7.24. The van der Waals surface area contributed by atoms with Gasteiger partial charge >= 0.3 is 5.97 Å². The zero-order valence-electron chi connectivity index (χ0n) is 23.4. The standard InChI is InChI=1S/C26H46NO7P/c1-12-15(2)14-26(8,30-11)22(17(4)20-18(5)23(28)34-25(6,7)33-20)32-24-21(35-29)19(27(9)10)13-16(3)31-24/h15-17,19,21-22,24H,12-14H2,1-11H3/t15-,16+,17+,19?,21+,22+,24-,26+/m0/s1. The van der Waals surface area contributed by atoms with Crippen molar-refractivity contribution in [2.24, 2.45) is 11.8 Å². The van der Waals surface area contributed by atoms with Crippen molar-refractivity contribution in [3.8, 4) is 0 Å². The highest BCUT2D eigenvalue weighted by Crippen LogP contribution is 2.42. The molecule has 0 saturated carbocycles. The molecule has 1 fully saturated rings. The van der Waals surface area contributed by atoms with Crippen molar-refractivity contribution in [2.45, 2.75) is 116 Å². The lowest BCUT2D eigenvalue weighted by Crippen LogP contribution is -2.57. The van der Waals surface area contributed by atoms with E-state index in [1.807, 2.05) is 34.9 Å². The Labute approximate surface area is 213 Å². The molecule has 1 unspecified atom stereocenters. The van der Waals surface area contributed by atoms with Crippen molar-refractivity contribution >= 4 is 14.4 Å². The van der Waals surface area contributed by atoms with Crippen LogP contribution >= 0.6 is 8.46 Å². The normalized spacial score (nSPS) is 31.5. The van der Waals surface area contributed by atoms with Crippen LogP contribution in [0.3, 0.4) is 0 Å². The Kier molecular flexibility index (Phi) is 10.3. The van der Waals surface area contributed by atoms with Gasteiger partial charge in [0.05, 0.1) is 23.4 Å². The summed E-state index contributed by atoms with van der Waals surface area (Å²) in [6.07, 6.45) is 1.15. The molecule has 8 nitrogen and oxygen atoms in total. The molecule has 0 N–H and O–H groups in total. The van der Waals surface area contributed by atoms with Crippen molar-refractivity contribution < 1.29 is 33.0 Å². The number of nitrogens with zero attached hydrogens (tertiary/aromatic N) is 1. The molecule has 8 atom stereocenters. The molecule has 0 aromatic heterocycles. The molecular formula is C26H46NO7P. The van der Waals surface area contributed by atoms with Crippen molar-refractivity contribution in [3.63, 3.8) is 0 Å². The van der Waals surface area contributed by atoms with E-state index in [-0.39, 0.29) is 32.2 Å². The fourth-order valence-electron chi connectivity index (χ4n) is 5.20. The third kappa shape index (κ3) is 7.04. The quantitative estimate of drug-likeness (QED) is 0.276. The van der Waals surface area contributed by atoms with Crippen LogP contribution in [0.5, 0.6) is 0 Å². The molecule has 1 saturated heterocycles. The van der Waals surface area contributed by atoms with E-state index < -0.39 is 29.8 Å². The van der Waals surface area contributed by atoms with Gasteiger partial charge in [0.15, 0.2) is 14.8 Å². The summed E-state index contributed by atoms with van der Waals surface area (Å²) < 4.78 is 43.1. The second-order valence-corrected chi connectivity index (χ2v) is 11.9. The molecule has 0 radical (unpaired) electrons. The molecule has 2 aliphatic rings. The van der Waals surface area contributed by atoms with Crippen molar-refractivity contribution in [2.75, 3.05) is 21.2 Å². The summed E-state index contributed by atoms with van der Waals surface area (Å²) in [6, 6.07) is 0.0306. The first kappa shape index (κ1) is 30.2. The molecule has 202 valence electrons. The second-order valence-electron chi connectivity index (χ2n) is 11.1. The van der Waals surface area contributed by atoms with Crippen LogP contribution in [0.2, 0.25) is 0 Å². The predicted octanol–water partition coefficient (Wildman–Crippen LogP) is 5.16. The van der Waals surface area contributed by atoms with Gasteiger partial charge in [-0.3, -0.25) is 4.57 Å². The molecule has 2 aliphatic heterocycles. The number of hydrogen-bond acceptors (Lipinski definition) is 8. The van der Waals surface area contributed by atoms with Gasteiger partial charge in [0.25, 0.3) is 0 Å². The highest BCUT2D eigenvalue weighted by Gasteiger charge is 2.49. The van der Waals surface area contributed by atoms with Crippen LogP contribution in [0, 0.1) is 11.8 Å². The van der Waals surface area contributed by atoms with E-state index in [1.165, 1.54) is 0 Å². The van der Waals surface area contributed by atoms with Crippen LogP contribution in [-0.2, 0) is 33.0 Å². The van der Waals surface area contributed by atoms with Gasteiger partial charge in [0, 0.05) is 32.9 Å². The maximum absolute atomic E-state index is 12.6. The molecule has 0 aromatic carbocycles. The van der Waals surface area contributed by atoms with Crippen molar-refractivity contribution in [1.82, 2.24) is 4.90 Å². The number of ether oxygens (including phenoxy) is 5. The van der Waals surface area contributed by atoms with Gasteiger partial charge in [-0.25, -0.2) is 4.79 Å². The summed E-state index contributed by atoms with van der Waals surface area (Å²) in [5, 5.41) is 0. The molecule has 0 amide bonds. The van der Waals surface area contributed by atoms with Crippen LogP contribution in [-0.4, -0.2) is 73.7 Å². The molecule has 2 heterocycles. The van der Waals surface area contributed by atoms with E-state index in [1.54, 1.807) is 27.9 Å². The van der Waals surface area contributed by atoms with Crippen LogP contribution < -0.4 is 0 Å². The summed E-state index contributed by atoms with van der Waals surface area (Å²) >= 11 is 0. The minimum Gasteiger partial charge on any atom is -0.456 e. The monoisotopic (exact) mass is 515 g/mol. The number of carbonyl (C=O) groups excluding carboxylic acids is 1. The first-order valence-electron chi connectivity index (χ1n) is 12.7. The lowest BCUT2D eigenvalue weighted by molar-refractivity contribution is -0.266. The number of carbonyl (C=O) groups is 1. The highest BCUT2D eigenvalue weighted by atomic mass is 31.1. The molecule has 35 heavy (non-hydrogen) atoms. The number of hydrogen-bond donors (Lipinski definition) is 0. The average molecular weight is 516 g/mol. The topological polar surface area (TPSA) is 83.5 Å². The Morgan fingerprint density at radius 3 is 2.40 bits per heavy atom. The van der Waals surface area contributed by atoms with Gasteiger partial charge in [-0.2, -0.15) is 0 Å². The first-order valence-corrected chi connectivity index (χ1v) is 13.6. The molecule has 0 aromatic rings. The molecule has 0 spiro atoms. The van der Waals surface area contributed by atoms with Gasteiger partial charge in [-0.15, -0.1) is 0 Å². The summed E-state index contributed by atoms with van der Waals surface area (Å²) in [5.41, 5.74) is -0.682. The maximum Gasteiger partial charge on any atom is 0.340 e. The summed E-state index contributed by atoms with van der Waals surface area (Å²) in [4.78, 5) is 14.7. The van der Waals surface area contributed by atoms with Crippen LogP contribution in [0.25, 0.3) is 0 Å². The van der Waals surface area contributed by atoms with Crippen LogP contribution in [0.1, 0.15) is 74.7 Å². The minimum atomic E-state index is -1.09. The Hall–Kier alpha value is -1.05. The first-order chi connectivity index (χ1) is 16.2. The van der Waals surface area contributed by atoms with Gasteiger partial charge < -0.3 is 28.6 Å². The Bertz CT molecular complexity index is 786. The molecule has 0 aliphatic carbocycles. The second kappa shape index (κ2) is 12.0. The number of rotatable bonds is 11. The zero-order chi connectivity index (χ0) is 26.7. The van der Waals surface area contributed by atoms with Crippen molar-refractivity contribution in [1.29, 1.82) is 0 Å². The van der Waals surface area contributed by atoms with Crippen LogP contribution in [0.15, 0.2) is 11.3 Å². The third-order valence-electron chi connectivity index (χ3n) is 7.44. The van der Waals surface area contributed by atoms with Gasteiger partial charge in [0.1, 0.15) is 11.4 Å². The Morgan fingerprint density at radius 2 is 1.89 bits per heavy atom. The Balaban J connectivity index is 2.54. The summed E-state index contributed by atoms with van der Waals surface area (Å²) in [5.74, 6) is -0.968. The van der Waals surface area contributed by atoms with Gasteiger partial charge in [-0.1, -0.05) is 27.2 Å². The van der Waals surface area contributed by atoms with E-state index >= 15 is 0 Å². The average Bonchev–Trinajstić information content (AvgIpc) is 2.78. The largest absolute Gasteiger partial charge is 0.456 e. The summed E-state index contributed by atoms with van der Waals surface area (Å²) in [6.45, 7) is 15.5. The van der Waals surface area contributed by atoms with E-state index in [9.17, 15) is 9.36 Å². The van der Waals surface area contributed by atoms with E-state index in [4.69, 9.17) is 23.7 Å². The number of methoxy groups -OCH3 is 1. The number of cyclic esters (lactones) is 1. The third-order valence-corrected chi connectivity index (χ3v) is 8.27. The molecular weight excluding hydrogens is 469 g/mol. The molecule has 0 bridgehead atoms. The smallest absolute Gasteiger partial charge is 0.340 e. The molecule has 9 heteroatoms.